The molecule has 0 saturated heterocycles. The lowest BCUT2D eigenvalue weighted by molar-refractivity contribution is -0.121. The van der Waals surface area contributed by atoms with Crippen LogP contribution in [0.1, 0.15) is 21.5 Å². The van der Waals surface area contributed by atoms with E-state index in [1.165, 1.54) is 4.90 Å². The van der Waals surface area contributed by atoms with Crippen molar-refractivity contribution in [3.8, 4) is 5.69 Å². The Bertz CT molecular complexity index is 1000. The van der Waals surface area contributed by atoms with Crippen LogP contribution in [0.3, 0.4) is 0 Å². The van der Waals surface area contributed by atoms with Gasteiger partial charge in [-0.1, -0.05) is 43.0 Å². The van der Waals surface area contributed by atoms with Crippen LogP contribution in [0.2, 0.25) is 0 Å². The Hall–Kier alpha value is -3.67. The monoisotopic (exact) mass is 372 g/mol. The normalized spacial score (nSPS) is 12.9. The average molecular weight is 372 g/mol. The minimum absolute atomic E-state index is 0.0321. The van der Waals surface area contributed by atoms with Gasteiger partial charge in [0.15, 0.2) is 0 Å². The van der Waals surface area contributed by atoms with Crippen molar-refractivity contribution in [1.82, 2.24) is 20.0 Å². The van der Waals surface area contributed by atoms with Crippen molar-refractivity contribution in [3.05, 3.63) is 90.3 Å². The summed E-state index contributed by atoms with van der Waals surface area (Å²) >= 11 is 0. The van der Waals surface area contributed by atoms with Gasteiger partial charge in [0.05, 0.1) is 11.9 Å². The van der Waals surface area contributed by atoms with Gasteiger partial charge in [-0.3, -0.25) is 14.5 Å². The Morgan fingerprint density at radius 1 is 1.04 bits per heavy atom. The molecule has 2 heterocycles. The zero-order chi connectivity index (χ0) is 19.5. The number of fused-ring (bicyclic) bond motifs is 1. The van der Waals surface area contributed by atoms with E-state index in [0.717, 1.165) is 16.8 Å². The lowest BCUT2D eigenvalue weighted by Gasteiger charge is -2.16. The second-order valence-electron chi connectivity index (χ2n) is 6.61. The summed E-state index contributed by atoms with van der Waals surface area (Å²) in [6.07, 6.45) is 4.40. The maximum Gasteiger partial charge on any atom is 0.259 e. The largest absolute Gasteiger partial charge is 0.354 e. The van der Waals surface area contributed by atoms with Gasteiger partial charge in [0.25, 0.3) is 5.91 Å². The number of nitrogens with one attached hydrogen (secondary N) is 1. The number of hydrogen-bond donors (Lipinski definition) is 1. The van der Waals surface area contributed by atoms with Crippen LogP contribution in [0, 0.1) is 0 Å². The molecule has 28 heavy (non-hydrogen) atoms. The van der Waals surface area contributed by atoms with Gasteiger partial charge in [-0.05, 0) is 30.2 Å². The standard InChI is InChI=1S/C22H20N4O2/c1-16-19-9-5-6-10-20(19)22(28)25(16)15-21(27)23-12-11-17-13-24-26(14-17)18-7-3-2-4-8-18/h2-10,13-14H,1,11-12,15H2,(H,23,27). The molecule has 0 unspecified atom stereocenters. The third kappa shape index (κ3) is 3.44. The van der Waals surface area contributed by atoms with E-state index in [1.54, 1.807) is 16.9 Å². The molecule has 2 amide bonds. The minimum Gasteiger partial charge on any atom is -0.354 e. The number of para-hydroxylation sites is 1. The molecular weight excluding hydrogens is 352 g/mol. The van der Waals surface area contributed by atoms with E-state index < -0.39 is 0 Å². The van der Waals surface area contributed by atoms with E-state index in [2.05, 4.69) is 17.0 Å². The SMILES string of the molecule is C=C1c2ccccc2C(=O)N1CC(=O)NCCc1cnn(-c2ccccc2)c1. The third-order valence-corrected chi connectivity index (χ3v) is 4.73. The fourth-order valence-electron chi connectivity index (χ4n) is 3.26. The summed E-state index contributed by atoms with van der Waals surface area (Å²) < 4.78 is 1.81. The van der Waals surface area contributed by atoms with Gasteiger partial charge in [0, 0.05) is 29.6 Å². The summed E-state index contributed by atoms with van der Waals surface area (Å²) in [5.41, 5.74) is 3.96. The highest BCUT2D eigenvalue weighted by Crippen LogP contribution is 2.30. The maximum absolute atomic E-state index is 12.4. The Balaban J connectivity index is 1.30. The fraction of sp³-hybridized carbons (Fsp3) is 0.136. The zero-order valence-corrected chi connectivity index (χ0v) is 15.3. The molecule has 3 aromatic rings. The molecule has 1 aliphatic rings. The van der Waals surface area contributed by atoms with Gasteiger partial charge in [-0.25, -0.2) is 4.68 Å². The highest BCUT2D eigenvalue weighted by Gasteiger charge is 2.31. The van der Waals surface area contributed by atoms with Crippen LogP contribution in [0.5, 0.6) is 0 Å². The molecule has 0 saturated carbocycles. The second-order valence-corrected chi connectivity index (χ2v) is 6.61. The molecule has 0 bridgehead atoms. The van der Waals surface area contributed by atoms with Gasteiger partial charge >= 0.3 is 0 Å². The van der Waals surface area contributed by atoms with E-state index >= 15 is 0 Å². The van der Waals surface area contributed by atoms with E-state index in [4.69, 9.17) is 0 Å². The summed E-state index contributed by atoms with van der Waals surface area (Å²) in [7, 11) is 0. The molecule has 1 aliphatic heterocycles. The first-order valence-electron chi connectivity index (χ1n) is 9.09. The van der Waals surface area contributed by atoms with Crippen molar-refractivity contribution in [1.29, 1.82) is 0 Å². The van der Waals surface area contributed by atoms with E-state index in [1.807, 2.05) is 54.7 Å². The maximum atomic E-state index is 12.4. The predicted molar refractivity (Wildman–Crippen MR) is 107 cm³/mol. The number of rotatable bonds is 6. The minimum atomic E-state index is -0.210. The third-order valence-electron chi connectivity index (χ3n) is 4.73. The second kappa shape index (κ2) is 7.52. The number of aromatic nitrogens is 2. The molecule has 2 aromatic carbocycles. The molecule has 0 aliphatic carbocycles. The quantitative estimate of drug-likeness (QED) is 0.723. The molecule has 1 aromatic heterocycles. The number of carbonyl (C=O) groups is 2. The Labute approximate surface area is 163 Å². The molecular formula is C22H20N4O2. The summed E-state index contributed by atoms with van der Waals surface area (Å²) in [5, 5.41) is 7.21. The predicted octanol–water partition coefficient (Wildman–Crippen LogP) is 2.66. The first-order valence-corrected chi connectivity index (χ1v) is 9.09. The highest BCUT2D eigenvalue weighted by atomic mass is 16.2. The lowest BCUT2D eigenvalue weighted by atomic mass is 10.1. The van der Waals surface area contributed by atoms with E-state index in [-0.39, 0.29) is 18.4 Å². The van der Waals surface area contributed by atoms with Gasteiger partial charge in [0.1, 0.15) is 6.54 Å². The van der Waals surface area contributed by atoms with Crippen LogP contribution in [0.4, 0.5) is 0 Å². The Kier molecular flexibility index (Phi) is 4.76. The van der Waals surface area contributed by atoms with Gasteiger partial charge in [-0.2, -0.15) is 5.10 Å². The first-order chi connectivity index (χ1) is 13.6. The van der Waals surface area contributed by atoms with Crippen molar-refractivity contribution in [3.63, 3.8) is 0 Å². The molecule has 1 N–H and O–H groups in total. The zero-order valence-electron chi connectivity index (χ0n) is 15.3. The summed E-state index contributed by atoms with van der Waals surface area (Å²) in [6, 6.07) is 17.1. The van der Waals surface area contributed by atoms with Crippen LogP contribution >= 0.6 is 0 Å². The van der Waals surface area contributed by atoms with Crippen molar-refractivity contribution in [2.75, 3.05) is 13.1 Å². The molecule has 6 nitrogen and oxygen atoms in total. The molecule has 140 valence electrons. The molecule has 4 rings (SSSR count). The summed E-state index contributed by atoms with van der Waals surface area (Å²) in [6.45, 7) is 4.39. The van der Waals surface area contributed by atoms with Crippen LogP contribution in [0.15, 0.2) is 73.6 Å². The molecule has 0 radical (unpaired) electrons. The Morgan fingerprint density at radius 2 is 1.75 bits per heavy atom. The van der Waals surface area contributed by atoms with Crippen LogP contribution < -0.4 is 5.32 Å². The Morgan fingerprint density at radius 3 is 2.50 bits per heavy atom. The van der Waals surface area contributed by atoms with E-state index in [9.17, 15) is 9.59 Å². The lowest BCUT2D eigenvalue weighted by Crippen LogP contribution is -2.37. The average Bonchev–Trinajstić information content (AvgIpc) is 3.28. The fourth-order valence-corrected chi connectivity index (χ4v) is 3.26. The van der Waals surface area contributed by atoms with Crippen molar-refractivity contribution >= 4 is 17.5 Å². The van der Waals surface area contributed by atoms with E-state index in [0.29, 0.717) is 24.2 Å². The topological polar surface area (TPSA) is 67.2 Å². The summed E-state index contributed by atoms with van der Waals surface area (Å²) in [4.78, 5) is 26.2. The number of carbonyl (C=O) groups excluding carboxylic acids is 2. The number of amides is 2. The summed E-state index contributed by atoms with van der Waals surface area (Å²) in [5.74, 6) is -0.391. The van der Waals surface area contributed by atoms with Gasteiger partial charge in [-0.15, -0.1) is 0 Å². The van der Waals surface area contributed by atoms with Crippen LogP contribution in [0.25, 0.3) is 11.4 Å². The number of nitrogens with zero attached hydrogens (tertiary/aromatic N) is 3. The number of benzene rings is 2. The molecule has 0 atom stereocenters. The van der Waals surface area contributed by atoms with Crippen LogP contribution in [-0.4, -0.2) is 39.6 Å². The van der Waals surface area contributed by atoms with Crippen molar-refractivity contribution in [2.45, 2.75) is 6.42 Å². The highest BCUT2D eigenvalue weighted by molar-refractivity contribution is 6.10. The molecule has 0 spiro atoms. The van der Waals surface area contributed by atoms with Gasteiger partial charge in [0.2, 0.25) is 5.91 Å². The van der Waals surface area contributed by atoms with Crippen molar-refractivity contribution < 1.29 is 9.59 Å². The number of hydrogen-bond acceptors (Lipinski definition) is 3. The van der Waals surface area contributed by atoms with Gasteiger partial charge < -0.3 is 5.32 Å². The van der Waals surface area contributed by atoms with Crippen LogP contribution in [-0.2, 0) is 11.2 Å². The smallest absolute Gasteiger partial charge is 0.259 e. The first kappa shape index (κ1) is 17.7. The van der Waals surface area contributed by atoms with Crippen molar-refractivity contribution in [2.24, 2.45) is 0 Å². The molecule has 0 fully saturated rings. The molecule has 6 heteroatoms.